The quantitative estimate of drug-likeness (QED) is 0.701. The first-order valence-corrected chi connectivity index (χ1v) is 6.55. The number of carbonyl (C=O) groups excluding carboxylic acids is 1. The lowest BCUT2D eigenvalue weighted by atomic mass is 9.85. The molecule has 3 nitrogen and oxygen atoms in total. The van der Waals surface area contributed by atoms with Gasteiger partial charge in [0, 0.05) is 12.6 Å². The maximum Gasteiger partial charge on any atom is 0.410 e. The van der Waals surface area contributed by atoms with E-state index >= 15 is 0 Å². The molecular formula is C14H27NO2. The number of rotatable bonds is 1. The van der Waals surface area contributed by atoms with Crippen LogP contribution in [-0.2, 0) is 4.74 Å². The SMILES string of the molecule is CC(C)(C)COC(=O)N1CCCC1C(C)(C)C. The highest BCUT2D eigenvalue weighted by Gasteiger charge is 2.37. The zero-order valence-corrected chi connectivity index (χ0v) is 12.2. The van der Waals surface area contributed by atoms with Gasteiger partial charge in [-0.1, -0.05) is 41.5 Å². The van der Waals surface area contributed by atoms with E-state index in [0.29, 0.717) is 12.6 Å². The van der Waals surface area contributed by atoms with Gasteiger partial charge in [-0.2, -0.15) is 0 Å². The van der Waals surface area contributed by atoms with E-state index in [9.17, 15) is 4.79 Å². The van der Waals surface area contributed by atoms with E-state index < -0.39 is 0 Å². The summed E-state index contributed by atoms with van der Waals surface area (Å²) in [6.07, 6.45) is 2.04. The molecule has 1 amide bonds. The lowest BCUT2D eigenvalue weighted by Gasteiger charge is -2.34. The third-order valence-corrected chi connectivity index (χ3v) is 3.12. The Hall–Kier alpha value is -0.730. The Balaban J connectivity index is 2.57. The van der Waals surface area contributed by atoms with E-state index in [1.165, 1.54) is 0 Å². The molecule has 1 unspecified atom stereocenters. The number of nitrogens with zero attached hydrogens (tertiary/aromatic N) is 1. The van der Waals surface area contributed by atoms with Crippen LogP contribution in [0.25, 0.3) is 0 Å². The number of hydrogen-bond donors (Lipinski definition) is 0. The zero-order chi connectivity index (χ0) is 13.3. The van der Waals surface area contributed by atoms with Crippen molar-refractivity contribution in [3.63, 3.8) is 0 Å². The number of ether oxygens (including phenoxy) is 1. The van der Waals surface area contributed by atoms with Crippen molar-refractivity contribution in [3.8, 4) is 0 Å². The fraction of sp³-hybridized carbons (Fsp3) is 0.929. The molecule has 1 atom stereocenters. The van der Waals surface area contributed by atoms with Crippen molar-refractivity contribution in [2.24, 2.45) is 10.8 Å². The Morgan fingerprint density at radius 3 is 2.29 bits per heavy atom. The van der Waals surface area contributed by atoms with Crippen molar-refractivity contribution in [2.45, 2.75) is 60.4 Å². The van der Waals surface area contributed by atoms with E-state index in [-0.39, 0.29) is 16.9 Å². The summed E-state index contributed by atoms with van der Waals surface area (Å²) in [6.45, 7) is 14.1. The van der Waals surface area contributed by atoms with E-state index in [1.807, 2.05) is 4.90 Å². The van der Waals surface area contributed by atoms with Crippen molar-refractivity contribution >= 4 is 6.09 Å². The predicted octanol–water partition coefficient (Wildman–Crippen LogP) is 3.68. The second-order valence-electron chi connectivity index (χ2n) is 7.33. The van der Waals surface area contributed by atoms with Crippen LogP contribution in [0.2, 0.25) is 0 Å². The molecule has 0 saturated carbocycles. The van der Waals surface area contributed by atoms with Gasteiger partial charge in [-0.3, -0.25) is 0 Å². The molecule has 1 aliphatic heterocycles. The molecule has 1 fully saturated rings. The van der Waals surface area contributed by atoms with Crippen LogP contribution in [0.3, 0.4) is 0 Å². The lowest BCUT2D eigenvalue weighted by Crippen LogP contribution is -2.43. The fourth-order valence-electron chi connectivity index (χ4n) is 2.25. The fourth-order valence-corrected chi connectivity index (χ4v) is 2.25. The van der Waals surface area contributed by atoms with Crippen molar-refractivity contribution < 1.29 is 9.53 Å². The summed E-state index contributed by atoms with van der Waals surface area (Å²) >= 11 is 0. The first-order chi connectivity index (χ1) is 7.61. The van der Waals surface area contributed by atoms with Gasteiger partial charge < -0.3 is 9.64 Å². The van der Waals surface area contributed by atoms with E-state index in [0.717, 1.165) is 19.4 Å². The number of likely N-dealkylation sites (tertiary alicyclic amines) is 1. The number of hydrogen-bond acceptors (Lipinski definition) is 2. The van der Waals surface area contributed by atoms with Crippen LogP contribution in [0.1, 0.15) is 54.4 Å². The first kappa shape index (κ1) is 14.3. The molecule has 0 spiro atoms. The molecule has 1 heterocycles. The second-order valence-corrected chi connectivity index (χ2v) is 7.33. The standard InChI is InChI=1S/C14H27NO2/c1-13(2,3)10-17-12(16)15-9-7-8-11(15)14(4,5)6/h11H,7-10H2,1-6H3. The summed E-state index contributed by atoms with van der Waals surface area (Å²) in [5.74, 6) is 0. The van der Waals surface area contributed by atoms with Crippen molar-refractivity contribution in [1.82, 2.24) is 4.90 Å². The summed E-state index contributed by atoms with van der Waals surface area (Å²) in [7, 11) is 0. The van der Waals surface area contributed by atoms with Gasteiger partial charge in [0.05, 0.1) is 6.61 Å². The van der Waals surface area contributed by atoms with Crippen LogP contribution in [0, 0.1) is 10.8 Å². The van der Waals surface area contributed by atoms with Gasteiger partial charge in [-0.25, -0.2) is 4.79 Å². The molecule has 0 aromatic heterocycles. The van der Waals surface area contributed by atoms with Crippen LogP contribution in [0.5, 0.6) is 0 Å². The van der Waals surface area contributed by atoms with Gasteiger partial charge in [0.15, 0.2) is 0 Å². The lowest BCUT2D eigenvalue weighted by molar-refractivity contribution is 0.0529. The molecule has 0 N–H and O–H groups in total. The Labute approximate surface area is 106 Å². The first-order valence-electron chi connectivity index (χ1n) is 6.55. The predicted molar refractivity (Wildman–Crippen MR) is 70.0 cm³/mol. The van der Waals surface area contributed by atoms with Gasteiger partial charge in [-0.15, -0.1) is 0 Å². The Morgan fingerprint density at radius 2 is 1.82 bits per heavy atom. The summed E-state index contributed by atoms with van der Waals surface area (Å²) in [5.41, 5.74) is 0.171. The maximum absolute atomic E-state index is 12.1. The monoisotopic (exact) mass is 241 g/mol. The topological polar surface area (TPSA) is 29.5 Å². The minimum atomic E-state index is -0.141. The summed E-state index contributed by atoms with van der Waals surface area (Å²) in [5, 5.41) is 0. The Bertz CT molecular complexity index is 273. The Morgan fingerprint density at radius 1 is 1.24 bits per heavy atom. The maximum atomic E-state index is 12.1. The third-order valence-electron chi connectivity index (χ3n) is 3.12. The Kier molecular flexibility index (Phi) is 4.11. The van der Waals surface area contributed by atoms with Gasteiger partial charge >= 0.3 is 6.09 Å². The number of carbonyl (C=O) groups is 1. The normalized spacial score (nSPS) is 21.8. The van der Waals surface area contributed by atoms with E-state index in [4.69, 9.17) is 4.74 Å². The molecular weight excluding hydrogens is 214 g/mol. The van der Waals surface area contributed by atoms with Crippen molar-refractivity contribution in [2.75, 3.05) is 13.2 Å². The van der Waals surface area contributed by atoms with Gasteiger partial charge in [0.25, 0.3) is 0 Å². The average molecular weight is 241 g/mol. The molecule has 3 heteroatoms. The molecule has 0 aromatic rings. The number of amides is 1. The van der Waals surface area contributed by atoms with Crippen LogP contribution in [0.15, 0.2) is 0 Å². The zero-order valence-electron chi connectivity index (χ0n) is 12.2. The van der Waals surface area contributed by atoms with Crippen LogP contribution >= 0.6 is 0 Å². The largest absolute Gasteiger partial charge is 0.449 e. The minimum absolute atomic E-state index is 0.0343. The molecule has 1 aliphatic rings. The summed E-state index contributed by atoms with van der Waals surface area (Å²) in [4.78, 5) is 14.0. The van der Waals surface area contributed by atoms with Gasteiger partial charge in [0.2, 0.25) is 0 Å². The van der Waals surface area contributed by atoms with E-state index in [2.05, 4.69) is 41.5 Å². The third kappa shape index (κ3) is 4.21. The minimum Gasteiger partial charge on any atom is -0.449 e. The van der Waals surface area contributed by atoms with E-state index in [1.54, 1.807) is 0 Å². The average Bonchev–Trinajstić information content (AvgIpc) is 2.60. The van der Waals surface area contributed by atoms with Crippen LogP contribution < -0.4 is 0 Å². The van der Waals surface area contributed by atoms with Gasteiger partial charge in [0.1, 0.15) is 0 Å². The molecule has 0 radical (unpaired) electrons. The second kappa shape index (κ2) is 4.87. The molecule has 0 bridgehead atoms. The van der Waals surface area contributed by atoms with Crippen LogP contribution in [0.4, 0.5) is 4.79 Å². The van der Waals surface area contributed by atoms with Crippen LogP contribution in [-0.4, -0.2) is 30.2 Å². The molecule has 1 saturated heterocycles. The highest BCUT2D eigenvalue weighted by Crippen LogP contribution is 2.33. The highest BCUT2D eigenvalue weighted by molar-refractivity contribution is 5.68. The van der Waals surface area contributed by atoms with Gasteiger partial charge in [-0.05, 0) is 23.7 Å². The smallest absolute Gasteiger partial charge is 0.410 e. The molecule has 0 aromatic carbocycles. The molecule has 100 valence electrons. The molecule has 0 aliphatic carbocycles. The van der Waals surface area contributed by atoms with Crippen molar-refractivity contribution in [3.05, 3.63) is 0 Å². The molecule has 17 heavy (non-hydrogen) atoms. The summed E-state index contributed by atoms with van der Waals surface area (Å²) in [6, 6.07) is 0.315. The molecule has 1 rings (SSSR count). The highest BCUT2D eigenvalue weighted by atomic mass is 16.6. The summed E-state index contributed by atoms with van der Waals surface area (Å²) < 4.78 is 5.40. The van der Waals surface area contributed by atoms with Crippen molar-refractivity contribution in [1.29, 1.82) is 0 Å².